The van der Waals surface area contributed by atoms with Crippen LogP contribution >= 0.6 is 0 Å². The highest BCUT2D eigenvalue weighted by Crippen LogP contribution is 2.32. The molecule has 0 aromatic carbocycles. The van der Waals surface area contributed by atoms with Gasteiger partial charge in [0.1, 0.15) is 11.9 Å². The molecular weight excluding hydrogens is 250 g/mol. The van der Waals surface area contributed by atoms with E-state index in [1.54, 1.807) is 0 Å². The van der Waals surface area contributed by atoms with Crippen LogP contribution in [-0.2, 0) is 0 Å². The number of aromatic nitrogens is 1. The molecule has 4 heteroatoms. The first-order chi connectivity index (χ1) is 9.43. The molecule has 0 saturated heterocycles. The Morgan fingerprint density at radius 1 is 1.55 bits per heavy atom. The summed E-state index contributed by atoms with van der Waals surface area (Å²) in [6, 6.07) is 4.10. The van der Waals surface area contributed by atoms with E-state index in [1.165, 1.54) is 6.42 Å². The molecule has 1 aliphatic rings. The van der Waals surface area contributed by atoms with Crippen LogP contribution in [0.3, 0.4) is 0 Å². The van der Waals surface area contributed by atoms with Gasteiger partial charge in [0.05, 0.1) is 11.2 Å². The molecule has 108 valence electrons. The second kappa shape index (κ2) is 5.80. The SMILES string of the molecule is Cc1cc(C)c(C#N)c(NCC2(O)CCCC(C)C2)n1. The Balaban J connectivity index is 2.13. The fourth-order valence-corrected chi connectivity index (χ4v) is 3.15. The molecule has 1 aromatic heterocycles. The standard InChI is InChI=1S/C16H23N3O/c1-11-5-4-6-16(20,8-11)10-18-15-14(9-17)12(2)7-13(3)19-15/h7,11,20H,4-6,8,10H2,1-3H3,(H,18,19). The number of nitrogens with zero attached hydrogens (tertiary/aromatic N) is 2. The molecule has 2 N–H and O–H groups in total. The van der Waals surface area contributed by atoms with Gasteiger partial charge < -0.3 is 10.4 Å². The molecule has 1 aromatic rings. The number of hydrogen-bond acceptors (Lipinski definition) is 4. The lowest BCUT2D eigenvalue weighted by atomic mass is 9.79. The zero-order chi connectivity index (χ0) is 14.8. The zero-order valence-electron chi connectivity index (χ0n) is 12.5. The molecule has 2 rings (SSSR count). The zero-order valence-corrected chi connectivity index (χ0v) is 12.5. The molecule has 2 unspecified atom stereocenters. The third kappa shape index (κ3) is 3.29. The van der Waals surface area contributed by atoms with Crippen LogP contribution in [0.25, 0.3) is 0 Å². The molecule has 0 aliphatic heterocycles. The van der Waals surface area contributed by atoms with Crippen LogP contribution in [-0.4, -0.2) is 22.2 Å². The van der Waals surface area contributed by atoms with Crippen LogP contribution in [0.2, 0.25) is 0 Å². The second-order valence-corrected chi connectivity index (χ2v) is 6.20. The third-order valence-corrected chi connectivity index (χ3v) is 4.11. The Hall–Kier alpha value is -1.60. The van der Waals surface area contributed by atoms with Crippen molar-refractivity contribution < 1.29 is 5.11 Å². The van der Waals surface area contributed by atoms with E-state index < -0.39 is 5.60 Å². The summed E-state index contributed by atoms with van der Waals surface area (Å²) in [5, 5.41) is 23.1. The summed E-state index contributed by atoms with van der Waals surface area (Å²) < 4.78 is 0. The minimum Gasteiger partial charge on any atom is -0.388 e. The quantitative estimate of drug-likeness (QED) is 0.888. The van der Waals surface area contributed by atoms with Gasteiger partial charge in [0.25, 0.3) is 0 Å². The van der Waals surface area contributed by atoms with Crippen LogP contribution in [0.1, 0.15) is 49.4 Å². The summed E-state index contributed by atoms with van der Waals surface area (Å²) in [7, 11) is 0. The average Bonchev–Trinajstić information content (AvgIpc) is 2.35. The number of anilines is 1. The average molecular weight is 273 g/mol. The number of aliphatic hydroxyl groups is 1. The number of nitriles is 1. The van der Waals surface area contributed by atoms with Gasteiger partial charge in [0.15, 0.2) is 0 Å². The largest absolute Gasteiger partial charge is 0.388 e. The molecule has 1 fully saturated rings. The first-order valence-corrected chi connectivity index (χ1v) is 7.28. The van der Waals surface area contributed by atoms with E-state index >= 15 is 0 Å². The molecule has 0 radical (unpaired) electrons. The maximum atomic E-state index is 10.6. The fourth-order valence-electron chi connectivity index (χ4n) is 3.15. The van der Waals surface area contributed by atoms with Gasteiger partial charge in [-0.05, 0) is 44.2 Å². The number of rotatable bonds is 3. The minimum absolute atomic E-state index is 0.460. The molecule has 0 bridgehead atoms. The molecule has 0 amide bonds. The van der Waals surface area contributed by atoms with Crippen molar-refractivity contribution in [1.82, 2.24) is 4.98 Å². The van der Waals surface area contributed by atoms with E-state index in [4.69, 9.17) is 0 Å². The molecule has 1 saturated carbocycles. The number of nitrogens with one attached hydrogen (secondary N) is 1. The maximum absolute atomic E-state index is 10.6. The predicted molar refractivity (Wildman–Crippen MR) is 79.5 cm³/mol. The summed E-state index contributed by atoms with van der Waals surface area (Å²) in [5.74, 6) is 1.15. The van der Waals surface area contributed by atoms with Crippen LogP contribution in [0.4, 0.5) is 5.82 Å². The van der Waals surface area contributed by atoms with Crippen molar-refractivity contribution in [3.05, 3.63) is 22.9 Å². The molecule has 1 aliphatic carbocycles. The van der Waals surface area contributed by atoms with Gasteiger partial charge in [-0.25, -0.2) is 4.98 Å². The Morgan fingerprint density at radius 2 is 2.30 bits per heavy atom. The monoisotopic (exact) mass is 273 g/mol. The van der Waals surface area contributed by atoms with E-state index in [0.717, 1.165) is 30.5 Å². The van der Waals surface area contributed by atoms with E-state index in [0.29, 0.717) is 23.8 Å². The van der Waals surface area contributed by atoms with Crippen LogP contribution in [0.5, 0.6) is 0 Å². The van der Waals surface area contributed by atoms with Gasteiger partial charge in [0, 0.05) is 12.2 Å². The highest BCUT2D eigenvalue weighted by atomic mass is 16.3. The molecule has 20 heavy (non-hydrogen) atoms. The number of pyridine rings is 1. The molecule has 0 spiro atoms. The lowest BCUT2D eigenvalue weighted by Crippen LogP contribution is -2.41. The lowest BCUT2D eigenvalue weighted by molar-refractivity contribution is -0.000833. The van der Waals surface area contributed by atoms with Crippen molar-refractivity contribution in [2.45, 2.75) is 52.1 Å². The predicted octanol–water partition coefficient (Wildman–Crippen LogP) is 2.92. The normalized spacial score (nSPS) is 26.1. The van der Waals surface area contributed by atoms with Crippen molar-refractivity contribution in [2.75, 3.05) is 11.9 Å². The Kier molecular flexibility index (Phi) is 4.29. The molecule has 4 nitrogen and oxygen atoms in total. The van der Waals surface area contributed by atoms with Crippen LogP contribution in [0.15, 0.2) is 6.07 Å². The Morgan fingerprint density at radius 3 is 2.95 bits per heavy atom. The summed E-state index contributed by atoms with van der Waals surface area (Å²) in [5.41, 5.74) is 1.70. The Bertz CT molecular complexity index is 535. The van der Waals surface area contributed by atoms with E-state index in [1.807, 2.05) is 19.9 Å². The summed E-state index contributed by atoms with van der Waals surface area (Å²) in [4.78, 5) is 4.39. The Labute approximate surface area is 120 Å². The van der Waals surface area contributed by atoms with Gasteiger partial charge in [-0.15, -0.1) is 0 Å². The highest BCUT2D eigenvalue weighted by Gasteiger charge is 2.32. The van der Waals surface area contributed by atoms with Crippen molar-refractivity contribution in [1.29, 1.82) is 5.26 Å². The van der Waals surface area contributed by atoms with Crippen LogP contribution < -0.4 is 5.32 Å². The molecule has 2 atom stereocenters. The first-order valence-electron chi connectivity index (χ1n) is 7.28. The summed E-state index contributed by atoms with van der Waals surface area (Å²) in [6.07, 6.45) is 3.88. The van der Waals surface area contributed by atoms with E-state index in [-0.39, 0.29) is 0 Å². The molecule has 1 heterocycles. The summed E-state index contributed by atoms with van der Waals surface area (Å²) in [6.45, 7) is 6.47. The molecular formula is C16H23N3O. The maximum Gasteiger partial charge on any atom is 0.144 e. The van der Waals surface area contributed by atoms with Gasteiger partial charge in [-0.2, -0.15) is 5.26 Å². The smallest absolute Gasteiger partial charge is 0.144 e. The van der Waals surface area contributed by atoms with Gasteiger partial charge in [-0.3, -0.25) is 0 Å². The van der Waals surface area contributed by atoms with Crippen molar-refractivity contribution in [2.24, 2.45) is 5.92 Å². The topological polar surface area (TPSA) is 68.9 Å². The fraction of sp³-hybridized carbons (Fsp3) is 0.625. The number of aryl methyl sites for hydroxylation is 2. The van der Waals surface area contributed by atoms with Crippen molar-refractivity contribution >= 4 is 5.82 Å². The summed E-state index contributed by atoms with van der Waals surface area (Å²) >= 11 is 0. The van der Waals surface area contributed by atoms with Gasteiger partial charge in [-0.1, -0.05) is 19.8 Å². The van der Waals surface area contributed by atoms with E-state index in [9.17, 15) is 10.4 Å². The van der Waals surface area contributed by atoms with Gasteiger partial charge >= 0.3 is 0 Å². The first kappa shape index (κ1) is 14.8. The van der Waals surface area contributed by atoms with Crippen molar-refractivity contribution in [3.8, 4) is 6.07 Å². The number of hydrogen-bond donors (Lipinski definition) is 2. The van der Waals surface area contributed by atoms with Crippen molar-refractivity contribution in [3.63, 3.8) is 0 Å². The third-order valence-electron chi connectivity index (χ3n) is 4.11. The second-order valence-electron chi connectivity index (χ2n) is 6.20. The minimum atomic E-state index is -0.677. The highest BCUT2D eigenvalue weighted by molar-refractivity contribution is 5.56. The van der Waals surface area contributed by atoms with Crippen LogP contribution in [0, 0.1) is 31.1 Å². The van der Waals surface area contributed by atoms with E-state index in [2.05, 4.69) is 23.3 Å². The van der Waals surface area contributed by atoms with Gasteiger partial charge in [0.2, 0.25) is 0 Å². The lowest BCUT2D eigenvalue weighted by Gasteiger charge is -2.35.